The minimum absolute atomic E-state index is 0.191. The van der Waals surface area contributed by atoms with Gasteiger partial charge in [-0.25, -0.2) is 9.97 Å². The highest BCUT2D eigenvalue weighted by molar-refractivity contribution is 5.94. The number of carbonyl (C=O) groups is 1. The van der Waals surface area contributed by atoms with Gasteiger partial charge in [0.15, 0.2) is 0 Å². The van der Waals surface area contributed by atoms with Crippen LogP contribution in [0.5, 0.6) is 0 Å². The molecule has 8 nitrogen and oxygen atoms in total. The number of aromatic nitrogens is 4. The highest BCUT2D eigenvalue weighted by Crippen LogP contribution is 2.35. The third-order valence-corrected chi connectivity index (χ3v) is 5.82. The van der Waals surface area contributed by atoms with Gasteiger partial charge in [-0.15, -0.1) is 0 Å². The van der Waals surface area contributed by atoms with Crippen LogP contribution in [0, 0.1) is 18.3 Å². The maximum atomic E-state index is 12.2. The van der Waals surface area contributed by atoms with E-state index in [2.05, 4.69) is 25.8 Å². The van der Waals surface area contributed by atoms with Crippen LogP contribution in [0.25, 0.3) is 11.3 Å². The van der Waals surface area contributed by atoms with E-state index in [0.29, 0.717) is 30.4 Å². The molecule has 0 radical (unpaired) electrons. The smallest absolute Gasteiger partial charge is 0.251 e. The fraction of sp³-hybridized carbons (Fsp3) is 0.375. The average Bonchev–Trinajstić information content (AvgIpc) is 3.29. The van der Waals surface area contributed by atoms with E-state index >= 15 is 0 Å². The molecule has 0 unspecified atom stereocenters. The van der Waals surface area contributed by atoms with E-state index in [0.717, 1.165) is 41.0 Å². The largest absolute Gasteiger partial charge is 0.351 e. The van der Waals surface area contributed by atoms with Gasteiger partial charge in [0.1, 0.15) is 0 Å². The summed E-state index contributed by atoms with van der Waals surface area (Å²) in [6, 6.07) is 9.30. The Kier molecular flexibility index (Phi) is 6.75. The Morgan fingerprint density at radius 3 is 2.75 bits per heavy atom. The zero-order valence-corrected chi connectivity index (χ0v) is 18.2. The van der Waals surface area contributed by atoms with Crippen molar-refractivity contribution in [3.63, 3.8) is 0 Å². The molecule has 8 heteroatoms. The Balaban J connectivity index is 1.51. The Morgan fingerprint density at radius 2 is 2.00 bits per heavy atom. The number of rotatable bonds is 7. The number of nitriles is 1. The summed E-state index contributed by atoms with van der Waals surface area (Å²) in [6.07, 6.45) is 10.1. The molecule has 0 aliphatic heterocycles. The molecule has 32 heavy (non-hydrogen) atoms. The van der Waals surface area contributed by atoms with E-state index in [9.17, 15) is 4.79 Å². The number of amides is 1. The number of aryl methyl sites for hydroxylation is 1. The van der Waals surface area contributed by atoms with E-state index in [1.165, 1.54) is 19.3 Å². The molecule has 1 amide bonds. The molecule has 0 saturated heterocycles. The number of anilines is 2. The summed E-state index contributed by atoms with van der Waals surface area (Å²) in [6.45, 7) is 2.31. The Morgan fingerprint density at radius 1 is 1.22 bits per heavy atom. The van der Waals surface area contributed by atoms with Crippen molar-refractivity contribution in [2.45, 2.75) is 51.4 Å². The van der Waals surface area contributed by atoms with Crippen LogP contribution in [0.3, 0.4) is 0 Å². The standard InChI is InChI=1S/C24H27N7O/c1-16-14-27-24(29-20-15-28-31-22(20)17-6-3-2-4-7-17)30-21(16)18-8-10-19(11-9-18)23(32)26-13-5-12-25/h8-11,14-15,17H,2-7,13H2,1H3,(H,26,32)(H,28,31)(H,27,29,30). The van der Waals surface area contributed by atoms with Crippen molar-refractivity contribution in [3.05, 3.63) is 53.5 Å². The Labute approximate surface area is 187 Å². The molecule has 3 aromatic rings. The Hall–Kier alpha value is -3.73. The molecule has 1 aromatic carbocycles. The monoisotopic (exact) mass is 429 g/mol. The molecule has 1 aliphatic rings. The second kappa shape index (κ2) is 10.1. The van der Waals surface area contributed by atoms with E-state index in [-0.39, 0.29) is 5.91 Å². The van der Waals surface area contributed by atoms with Crippen LogP contribution in [-0.2, 0) is 0 Å². The normalized spacial score (nSPS) is 14.0. The lowest BCUT2D eigenvalue weighted by Gasteiger charge is -2.21. The van der Waals surface area contributed by atoms with Crippen LogP contribution < -0.4 is 10.6 Å². The van der Waals surface area contributed by atoms with E-state index in [1.807, 2.05) is 31.3 Å². The van der Waals surface area contributed by atoms with Crippen LogP contribution in [0.4, 0.5) is 11.6 Å². The number of carbonyl (C=O) groups excluding carboxylic acids is 1. The first-order valence-corrected chi connectivity index (χ1v) is 11.1. The first-order chi connectivity index (χ1) is 15.7. The molecule has 0 atom stereocenters. The lowest BCUT2D eigenvalue weighted by atomic mass is 9.86. The van der Waals surface area contributed by atoms with Crippen LogP contribution >= 0.6 is 0 Å². The number of benzene rings is 1. The van der Waals surface area contributed by atoms with Crippen LogP contribution in [-0.4, -0.2) is 32.6 Å². The average molecular weight is 430 g/mol. The number of hydrogen-bond donors (Lipinski definition) is 3. The fourth-order valence-electron chi connectivity index (χ4n) is 4.12. The predicted molar refractivity (Wildman–Crippen MR) is 122 cm³/mol. The first-order valence-electron chi connectivity index (χ1n) is 11.1. The molecule has 1 aliphatic carbocycles. The number of nitrogens with one attached hydrogen (secondary N) is 3. The van der Waals surface area contributed by atoms with Gasteiger partial charge < -0.3 is 10.6 Å². The number of hydrogen-bond acceptors (Lipinski definition) is 6. The second-order valence-electron chi connectivity index (χ2n) is 8.11. The number of aromatic amines is 1. The second-order valence-corrected chi connectivity index (χ2v) is 8.11. The third-order valence-electron chi connectivity index (χ3n) is 5.82. The molecule has 3 N–H and O–H groups in total. The van der Waals surface area contributed by atoms with Gasteiger partial charge in [0.25, 0.3) is 5.91 Å². The first kappa shape index (κ1) is 21.5. The molecule has 164 valence electrons. The van der Waals surface area contributed by atoms with Crippen molar-refractivity contribution in [1.29, 1.82) is 5.26 Å². The van der Waals surface area contributed by atoms with Gasteiger partial charge in [-0.05, 0) is 37.5 Å². The van der Waals surface area contributed by atoms with Gasteiger partial charge in [0.2, 0.25) is 5.95 Å². The highest BCUT2D eigenvalue weighted by Gasteiger charge is 2.21. The minimum atomic E-state index is -0.191. The maximum Gasteiger partial charge on any atom is 0.251 e. The van der Waals surface area contributed by atoms with Gasteiger partial charge in [-0.2, -0.15) is 10.4 Å². The van der Waals surface area contributed by atoms with E-state index < -0.39 is 0 Å². The topological polar surface area (TPSA) is 119 Å². The van der Waals surface area contributed by atoms with Crippen LogP contribution in [0.15, 0.2) is 36.7 Å². The molecule has 2 aromatic heterocycles. The maximum absolute atomic E-state index is 12.2. The highest BCUT2D eigenvalue weighted by atomic mass is 16.1. The molecule has 0 bridgehead atoms. The van der Waals surface area contributed by atoms with Crippen LogP contribution in [0.1, 0.15) is 66.1 Å². The summed E-state index contributed by atoms with van der Waals surface area (Å²) in [5, 5.41) is 22.1. The molecular formula is C24H27N7O. The molecular weight excluding hydrogens is 402 g/mol. The number of nitrogens with zero attached hydrogens (tertiary/aromatic N) is 4. The van der Waals surface area contributed by atoms with Crippen molar-refractivity contribution in [3.8, 4) is 17.3 Å². The third kappa shape index (κ3) is 4.94. The fourth-order valence-corrected chi connectivity index (χ4v) is 4.12. The van der Waals surface area contributed by atoms with Gasteiger partial charge in [0.05, 0.1) is 29.6 Å². The quantitative estimate of drug-likeness (QED) is 0.472. The van der Waals surface area contributed by atoms with Crippen molar-refractivity contribution in [2.24, 2.45) is 0 Å². The molecule has 0 spiro atoms. The van der Waals surface area contributed by atoms with E-state index in [4.69, 9.17) is 10.2 Å². The lowest BCUT2D eigenvalue weighted by Crippen LogP contribution is -2.24. The van der Waals surface area contributed by atoms with Crippen molar-refractivity contribution >= 4 is 17.5 Å². The lowest BCUT2D eigenvalue weighted by molar-refractivity contribution is 0.0954. The summed E-state index contributed by atoms with van der Waals surface area (Å²) in [7, 11) is 0. The minimum Gasteiger partial charge on any atom is -0.351 e. The SMILES string of the molecule is Cc1cnc(Nc2c[nH]nc2C2CCCCC2)nc1-c1ccc(C(=O)NCCC#N)cc1. The van der Waals surface area contributed by atoms with Crippen LogP contribution in [0.2, 0.25) is 0 Å². The molecule has 1 saturated carbocycles. The van der Waals surface area contributed by atoms with Gasteiger partial charge in [-0.3, -0.25) is 9.89 Å². The number of H-pyrrole nitrogens is 1. The zero-order valence-electron chi connectivity index (χ0n) is 18.2. The Bertz CT molecular complexity index is 1110. The summed E-state index contributed by atoms with van der Waals surface area (Å²) >= 11 is 0. The van der Waals surface area contributed by atoms with Gasteiger partial charge >= 0.3 is 0 Å². The van der Waals surface area contributed by atoms with E-state index in [1.54, 1.807) is 18.3 Å². The molecule has 2 heterocycles. The van der Waals surface area contributed by atoms with Crippen molar-refractivity contribution < 1.29 is 4.79 Å². The molecule has 1 fully saturated rings. The summed E-state index contributed by atoms with van der Waals surface area (Å²) in [5.41, 5.74) is 5.19. The predicted octanol–water partition coefficient (Wildman–Crippen LogP) is 4.61. The summed E-state index contributed by atoms with van der Waals surface area (Å²) in [4.78, 5) is 21.4. The molecule has 4 rings (SSSR count). The van der Waals surface area contributed by atoms with Gasteiger partial charge in [-0.1, -0.05) is 31.4 Å². The zero-order chi connectivity index (χ0) is 22.3. The van der Waals surface area contributed by atoms with Gasteiger partial charge in [0, 0.05) is 36.0 Å². The summed E-state index contributed by atoms with van der Waals surface area (Å²) in [5.74, 6) is 0.792. The van der Waals surface area contributed by atoms with Crippen molar-refractivity contribution in [1.82, 2.24) is 25.5 Å². The summed E-state index contributed by atoms with van der Waals surface area (Å²) < 4.78 is 0. The van der Waals surface area contributed by atoms with Crippen molar-refractivity contribution in [2.75, 3.05) is 11.9 Å².